The second-order valence-electron chi connectivity index (χ2n) is 5.81. The average Bonchev–Trinajstić information content (AvgIpc) is 2.96. The molecule has 7 nitrogen and oxygen atoms in total. The van der Waals surface area contributed by atoms with Crippen molar-refractivity contribution in [1.82, 2.24) is 5.32 Å². The molecular weight excluding hydrogens is 312 g/mol. The molecule has 1 aliphatic heterocycles. The smallest absolute Gasteiger partial charge is 0.227 e. The number of amides is 2. The van der Waals surface area contributed by atoms with Gasteiger partial charge in [0.15, 0.2) is 0 Å². The molecular formula is C17H24N2O5. The summed E-state index contributed by atoms with van der Waals surface area (Å²) in [7, 11) is 4.69. The van der Waals surface area contributed by atoms with Gasteiger partial charge in [0, 0.05) is 32.2 Å². The van der Waals surface area contributed by atoms with Gasteiger partial charge in [0.05, 0.1) is 32.4 Å². The van der Waals surface area contributed by atoms with Crippen molar-refractivity contribution >= 4 is 17.5 Å². The summed E-state index contributed by atoms with van der Waals surface area (Å²) < 4.78 is 15.6. The van der Waals surface area contributed by atoms with Crippen LogP contribution in [0.1, 0.15) is 13.3 Å². The highest BCUT2D eigenvalue weighted by Crippen LogP contribution is 2.36. The zero-order valence-electron chi connectivity index (χ0n) is 14.5. The highest BCUT2D eigenvalue weighted by Gasteiger charge is 2.36. The van der Waals surface area contributed by atoms with Gasteiger partial charge in [0.25, 0.3) is 0 Å². The summed E-state index contributed by atoms with van der Waals surface area (Å²) >= 11 is 0. The maximum atomic E-state index is 12.4. The number of methoxy groups -OCH3 is 3. The van der Waals surface area contributed by atoms with Crippen LogP contribution in [0.3, 0.4) is 0 Å². The first-order valence-corrected chi connectivity index (χ1v) is 7.81. The summed E-state index contributed by atoms with van der Waals surface area (Å²) in [6.45, 7) is 2.61. The van der Waals surface area contributed by atoms with Gasteiger partial charge in [0.2, 0.25) is 11.8 Å². The van der Waals surface area contributed by atoms with Crippen LogP contribution in [0.2, 0.25) is 0 Å². The van der Waals surface area contributed by atoms with E-state index in [1.807, 2.05) is 6.92 Å². The minimum absolute atomic E-state index is 0.0991. The molecule has 0 aliphatic carbocycles. The molecule has 1 fully saturated rings. The lowest BCUT2D eigenvalue weighted by molar-refractivity contribution is -0.127. The number of benzene rings is 1. The maximum Gasteiger partial charge on any atom is 0.227 e. The third kappa shape index (κ3) is 3.97. The molecule has 2 rings (SSSR count). The maximum absolute atomic E-state index is 12.4. The van der Waals surface area contributed by atoms with Crippen LogP contribution in [0.25, 0.3) is 0 Å². The molecule has 132 valence electrons. The SMILES string of the molecule is COC[C@@H](C)NC(=O)[C@@H]1CC(=O)N(c2cc(OC)ccc2OC)C1. The number of hydrogen-bond donors (Lipinski definition) is 1. The Morgan fingerprint density at radius 3 is 2.71 bits per heavy atom. The molecule has 0 aromatic heterocycles. The summed E-state index contributed by atoms with van der Waals surface area (Å²) in [6, 6.07) is 5.15. The van der Waals surface area contributed by atoms with Gasteiger partial charge in [-0.3, -0.25) is 9.59 Å². The predicted molar refractivity (Wildman–Crippen MR) is 89.5 cm³/mol. The topological polar surface area (TPSA) is 77.1 Å². The number of nitrogens with zero attached hydrogens (tertiary/aromatic N) is 1. The number of hydrogen-bond acceptors (Lipinski definition) is 5. The molecule has 1 saturated heterocycles. The Bertz CT molecular complexity index is 605. The van der Waals surface area contributed by atoms with Crippen LogP contribution in [-0.2, 0) is 14.3 Å². The Kier molecular flexibility index (Phi) is 6.03. The van der Waals surface area contributed by atoms with Crippen LogP contribution >= 0.6 is 0 Å². The molecule has 1 N–H and O–H groups in total. The Morgan fingerprint density at radius 1 is 1.33 bits per heavy atom. The number of carbonyl (C=O) groups is 2. The third-order valence-corrected chi connectivity index (χ3v) is 3.98. The number of nitrogens with one attached hydrogen (secondary N) is 1. The fraction of sp³-hybridized carbons (Fsp3) is 0.529. The fourth-order valence-corrected chi connectivity index (χ4v) is 2.78. The van der Waals surface area contributed by atoms with Crippen molar-refractivity contribution in [2.75, 3.05) is 39.4 Å². The largest absolute Gasteiger partial charge is 0.497 e. The van der Waals surface area contributed by atoms with Crippen molar-refractivity contribution < 1.29 is 23.8 Å². The van der Waals surface area contributed by atoms with E-state index >= 15 is 0 Å². The molecule has 0 saturated carbocycles. The molecule has 0 bridgehead atoms. The van der Waals surface area contributed by atoms with E-state index in [9.17, 15) is 9.59 Å². The zero-order chi connectivity index (χ0) is 17.7. The molecule has 1 aliphatic rings. The van der Waals surface area contributed by atoms with Crippen LogP contribution in [0.5, 0.6) is 11.5 Å². The van der Waals surface area contributed by atoms with E-state index in [1.165, 1.54) is 0 Å². The molecule has 7 heteroatoms. The van der Waals surface area contributed by atoms with Crippen molar-refractivity contribution in [3.8, 4) is 11.5 Å². The Labute approximate surface area is 141 Å². The minimum atomic E-state index is -0.396. The van der Waals surface area contributed by atoms with Gasteiger partial charge < -0.3 is 24.4 Å². The van der Waals surface area contributed by atoms with E-state index in [1.54, 1.807) is 44.4 Å². The van der Waals surface area contributed by atoms with E-state index in [2.05, 4.69) is 5.32 Å². The van der Waals surface area contributed by atoms with Crippen molar-refractivity contribution in [1.29, 1.82) is 0 Å². The quantitative estimate of drug-likeness (QED) is 0.810. The highest BCUT2D eigenvalue weighted by molar-refractivity contribution is 6.01. The fourth-order valence-electron chi connectivity index (χ4n) is 2.78. The van der Waals surface area contributed by atoms with Gasteiger partial charge in [-0.2, -0.15) is 0 Å². The van der Waals surface area contributed by atoms with Crippen LogP contribution in [0.15, 0.2) is 18.2 Å². The lowest BCUT2D eigenvalue weighted by Crippen LogP contribution is -2.40. The van der Waals surface area contributed by atoms with Gasteiger partial charge in [-0.05, 0) is 19.1 Å². The van der Waals surface area contributed by atoms with Gasteiger partial charge >= 0.3 is 0 Å². The van der Waals surface area contributed by atoms with Crippen LogP contribution in [0.4, 0.5) is 5.69 Å². The summed E-state index contributed by atoms with van der Waals surface area (Å²) in [5.41, 5.74) is 0.613. The lowest BCUT2D eigenvalue weighted by Gasteiger charge is -2.21. The van der Waals surface area contributed by atoms with Crippen LogP contribution < -0.4 is 19.7 Å². The summed E-state index contributed by atoms with van der Waals surface area (Å²) in [4.78, 5) is 26.3. The molecule has 1 aromatic rings. The Balaban J connectivity index is 2.14. The molecule has 0 spiro atoms. The van der Waals surface area contributed by atoms with Gasteiger partial charge in [-0.25, -0.2) is 0 Å². The first kappa shape index (κ1) is 18.1. The van der Waals surface area contributed by atoms with Gasteiger partial charge in [-0.1, -0.05) is 0 Å². The van der Waals surface area contributed by atoms with E-state index in [-0.39, 0.29) is 24.3 Å². The molecule has 1 heterocycles. The number of rotatable bonds is 7. The Hall–Kier alpha value is -2.28. The molecule has 2 atom stereocenters. The lowest BCUT2D eigenvalue weighted by atomic mass is 10.1. The normalized spacial score (nSPS) is 18.4. The van der Waals surface area contributed by atoms with Crippen molar-refractivity contribution in [2.45, 2.75) is 19.4 Å². The molecule has 1 aromatic carbocycles. The predicted octanol–water partition coefficient (Wildman–Crippen LogP) is 1.21. The molecule has 24 heavy (non-hydrogen) atoms. The van der Waals surface area contributed by atoms with Crippen LogP contribution in [-0.4, -0.2) is 52.3 Å². The number of carbonyl (C=O) groups excluding carboxylic acids is 2. The summed E-state index contributed by atoms with van der Waals surface area (Å²) in [6.07, 6.45) is 0.173. The van der Waals surface area contributed by atoms with Crippen molar-refractivity contribution in [3.05, 3.63) is 18.2 Å². The first-order valence-electron chi connectivity index (χ1n) is 7.81. The van der Waals surface area contributed by atoms with Crippen molar-refractivity contribution in [2.24, 2.45) is 5.92 Å². The second kappa shape index (κ2) is 8.01. The van der Waals surface area contributed by atoms with Gasteiger partial charge in [0.1, 0.15) is 11.5 Å². The standard InChI is InChI=1S/C17H24N2O5/c1-11(10-22-2)18-17(21)12-7-16(20)19(9-12)14-8-13(23-3)5-6-15(14)24-4/h5-6,8,11-12H,7,9-10H2,1-4H3,(H,18,21)/t11-,12-/m1/s1. The van der Waals surface area contributed by atoms with E-state index in [0.29, 0.717) is 30.3 Å². The van der Waals surface area contributed by atoms with Crippen LogP contribution in [0, 0.1) is 5.92 Å². The third-order valence-electron chi connectivity index (χ3n) is 3.98. The van der Waals surface area contributed by atoms with E-state index in [4.69, 9.17) is 14.2 Å². The summed E-state index contributed by atoms with van der Waals surface area (Å²) in [5, 5.41) is 2.87. The summed E-state index contributed by atoms with van der Waals surface area (Å²) in [5.74, 6) is 0.546. The van der Waals surface area contributed by atoms with Crippen molar-refractivity contribution in [3.63, 3.8) is 0 Å². The molecule has 0 radical (unpaired) electrons. The van der Waals surface area contributed by atoms with E-state index in [0.717, 1.165) is 0 Å². The second-order valence-corrected chi connectivity index (χ2v) is 5.81. The zero-order valence-corrected chi connectivity index (χ0v) is 14.5. The molecule has 2 amide bonds. The Morgan fingerprint density at radius 2 is 2.08 bits per heavy atom. The minimum Gasteiger partial charge on any atom is -0.497 e. The van der Waals surface area contributed by atoms with E-state index < -0.39 is 5.92 Å². The molecule has 0 unspecified atom stereocenters. The monoisotopic (exact) mass is 336 g/mol. The van der Waals surface area contributed by atoms with Gasteiger partial charge in [-0.15, -0.1) is 0 Å². The average molecular weight is 336 g/mol. The highest BCUT2D eigenvalue weighted by atomic mass is 16.5. The first-order chi connectivity index (χ1) is 11.5. The number of ether oxygens (including phenoxy) is 3. The number of anilines is 1.